The van der Waals surface area contributed by atoms with Gasteiger partial charge in [-0.05, 0) is 17.2 Å². The number of hydrogen-bond acceptors (Lipinski definition) is 6. The summed E-state index contributed by atoms with van der Waals surface area (Å²) in [6.45, 7) is 0. The molecule has 1 aliphatic carbocycles. The maximum Gasteiger partial charge on any atom is 1.00 e. The van der Waals surface area contributed by atoms with Gasteiger partial charge in [0.15, 0.2) is 0 Å². The molecule has 1 N–H and O–H groups in total. The fourth-order valence-electron chi connectivity index (χ4n) is 2.97. The molecule has 0 saturated carbocycles. The molecule has 6 nitrogen and oxygen atoms in total. The van der Waals surface area contributed by atoms with Crippen molar-refractivity contribution < 1.29 is 76.9 Å². The van der Waals surface area contributed by atoms with Gasteiger partial charge in [-0.25, -0.2) is 13.5 Å². The van der Waals surface area contributed by atoms with E-state index in [2.05, 4.69) is 16.6 Å². The van der Waals surface area contributed by atoms with E-state index in [1.807, 2.05) is 6.07 Å². The van der Waals surface area contributed by atoms with Crippen LogP contribution in [-0.4, -0.2) is 24.5 Å². The zero-order chi connectivity index (χ0) is 19.0. The number of hydrazone groups is 1. The summed E-state index contributed by atoms with van der Waals surface area (Å²) in [6.07, 6.45) is 4.06. The van der Waals surface area contributed by atoms with Crippen LogP contribution < -0.4 is 64.5 Å². The second kappa shape index (κ2) is 9.68. The van der Waals surface area contributed by atoms with Crippen molar-refractivity contribution in [1.29, 1.82) is 0 Å². The van der Waals surface area contributed by atoms with Crippen LogP contribution in [0.15, 0.2) is 76.7 Å². The summed E-state index contributed by atoms with van der Waals surface area (Å²) in [5, 5.41) is 5.52. The Morgan fingerprint density at radius 3 is 2.28 bits per heavy atom. The summed E-state index contributed by atoms with van der Waals surface area (Å²) < 4.78 is 35.0. The first kappa shape index (κ1) is 24.0. The molecular weight excluding hydrogens is 410 g/mol. The van der Waals surface area contributed by atoms with Gasteiger partial charge in [0.05, 0.1) is 16.4 Å². The van der Waals surface area contributed by atoms with Gasteiger partial charge in [-0.1, -0.05) is 59.7 Å². The number of anilines is 1. The van der Waals surface area contributed by atoms with Crippen molar-refractivity contribution in [1.82, 2.24) is 0 Å². The standard InChI is InChI=1S/C20H13N2O4S.2Na/c23-18-11-10-17(15-7-3-4-8-16(15)18)21-22-20-14-6-2-1-5-13(14)9-12-19(20)27(24,25)26;;/h1-9,11-12,22H,(H,24,25,26);;/q-1;2*+1/p-1. The molecule has 3 aromatic rings. The Labute approximate surface area is 212 Å². The van der Waals surface area contributed by atoms with Gasteiger partial charge >= 0.3 is 59.1 Å². The predicted molar refractivity (Wildman–Crippen MR) is 101 cm³/mol. The van der Waals surface area contributed by atoms with E-state index in [0.29, 0.717) is 22.2 Å². The molecule has 0 bridgehead atoms. The van der Waals surface area contributed by atoms with Crippen molar-refractivity contribution in [2.75, 3.05) is 5.43 Å². The van der Waals surface area contributed by atoms with Crippen LogP contribution in [0.4, 0.5) is 5.69 Å². The van der Waals surface area contributed by atoms with Crippen molar-refractivity contribution >= 4 is 38.1 Å². The molecule has 0 amide bonds. The maximum atomic E-state index is 12.0. The fraction of sp³-hybridized carbons (Fsp3) is 0. The molecule has 134 valence electrons. The van der Waals surface area contributed by atoms with Crippen LogP contribution in [0, 0.1) is 6.08 Å². The monoisotopic (exact) mass is 422 g/mol. The normalized spacial score (nSPS) is 14.1. The van der Waals surface area contributed by atoms with Crippen LogP contribution in [0.5, 0.6) is 0 Å². The Morgan fingerprint density at radius 2 is 1.55 bits per heavy atom. The summed E-state index contributed by atoms with van der Waals surface area (Å²) in [5.41, 5.74) is 4.18. The molecule has 0 radical (unpaired) electrons. The molecule has 9 heteroatoms. The zero-order valence-electron chi connectivity index (χ0n) is 15.8. The first-order chi connectivity index (χ1) is 12.9. The van der Waals surface area contributed by atoms with Gasteiger partial charge in [0.25, 0.3) is 0 Å². The van der Waals surface area contributed by atoms with Crippen molar-refractivity contribution in [3.63, 3.8) is 0 Å². The second-order valence-corrected chi connectivity index (χ2v) is 7.23. The van der Waals surface area contributed by atoms with Gasteiger partial charge < -0.3 is 9.35 Å². The third-order valence-electron chi connectivity index (χ3n) is 4.23. The zero-order valence-corrected chi connectivity index (χ0v) is 20.7. The van der Waals surface area contributed by atoms with E-state index in [0.717, 1.165) is 5.39 Å². The second-order valence-electron chi connectivity index (χ2n) is 5.88. The molecule has 29 heavy (non-hydrogen) atoms. The van der Waals surface area contributed by atoms with Crippen molar-refractivity contribution in [3.8, 4) is 0 Å². The number of fused-ring (bicyclic) bond motifs is 2. The number of carbonyl (C=O) groups is 1. The largest absolute Gasteiger partial charge is 1.00 e. The average molecular weight is 422 g/mol. The molecule has 0 aromatic heterocycles. The van der Waals surface area contributed by atoms with Gasteiger partial charge in [0.1, 0.15) is 10.1 Å². The van der Waals surface area contributed by atoms with E-state index in [1.54, 1.807) is 48.5 Å². The minimum Gasteiger partial charge on any atom is -0.744 e. The number of rotatable bonds is 3. The minimum absolute atomic E-state index is 0. The molecule has 4 rings (SSSR count). The number of allylic oxidation sites excluding steroid dienone is 2. The Kier molecular flexibility index (Phi) is 8.00. The van der Waals surface area contributed by atoms with Crippen molar-refractivity contribution in [3.05, 3.63) is 83.9 Å². The average Bonchev–Trinajstić information content (AvgIpc) is 2.66. The topological polar surface area (TPSA) is 98.7 Å². The molecule has 0 aliphatic heterocycles. The van der Waals surface area contributed by atoms with E-state index < -0.39 is 15.0 Å². The van der Waals surface area contributed by atoms with Crippen LogP contribution >= 0.6 is 0 Å². The van der Waals surface area contributed by atoms with E-state index in [4.69, 9.17) is 0 Å². The first-order valence-corrected chi connectivity index (χ1v) is 9.41. The number of benzene rings is 3. The minimum atomic E-state index is -4.71. The van der Waals surface area contributed by atoms with Gasteiger partial charge in [0.2, 0.25) is 0 Å². The van der Waals surface area contributed by atoms with Gasteiger partial charge in [-0.15, -0.1) is 12.1 Å². The summed E-state index contributed by atoms with van der Waals surface area (Å²) in [6, 6.07) is 16.8. The fourth-order valence-corrected chi connectivity index (χ4v) is 3.61. The Hall–Kier alpha value is -1.29. The van der Waals surface area contributed by atoms with Gasteiger partial charge in [-0.2, -0.15) is 6.08 Å². The number of ketones is 1. The van der Waals surface area contributed by atoms with E-state index in [9.17, 15) is 17.8 Å². The Balaban J connectivity index is 0.00000150. The van der Waals surface area contributed by atoms with Crippen LogP contribution in [0.3, 0.4) is 0 Å². The van der Waals surface area contributed by atoms with Crippen molar-refractivity contribution in [2.45, 2.75) is 4.90 Å². The Morgan fingerprint density at radius 1 is 0.897 bits per heavy atom. The molecule has 1 aliphatic rings. The van der Waals surface area contributed by atoms with Crippen LogP contribution in [0.2, 0.25) is 0 Å². The smallest absolute Gasteiger partial charge is 0.744 e. The molecular formula is C20H12N2Na2O4S. The maximum absolute atomic E-state index is 12.0. The number of nitrogens with zero attached hydrogens (tertiary/aromatic N) is 1. The molecule has 0 atom stereocenters. The summed E-state index contributed by atoms with van der Waals surface area (Å²) in [5.74, 6) is -0.183. The Bertz CT molecular complexity index is 1250. The summed E-state index contributed by atoms with van der Waals surface area (Å²) in [4.78, 5) is 11.6. The van der Waals surface area contributed by atoms with Crippen molar-refractivity contribution in [2.24, 2.45) is 5.10 Å². The quantitative estimate of drug-likeness (QED) is 0.212. The number of nitrogens with one attached hydrogen (secondary N) is 1. The summed E-state index contributed by atoms with van der Waals surface area (Å²) >= 11 is 0. The third-order valence-corrected chi connectivity index (χ3v) is 5.11. The van der Waals surface area contributed by atoms with E-state index >= 15 is 0 Å². The van der Waals surface area contributed by atoms with Crippen LogP contribution in [-0.2, 0) is 10.1 Å². The molecule has 0 heterocycles. The number of carbonyl (C=O) groups excluding carboxylic acids is 1. The number of hydrogen-bond donors (Lipinski definition) is 1. The SMILES string of the molecule is O=C1C=[C-]C(=NNc2c(S(=O)(=O)[O-])ccc3ccccc23)c2ccccc21.[Na+].[Na+]. The van der Waals surface area contributed by atoms with Gasteiger partial charge in [0, 0.05) is 5.39 Å². The molecule has 0 spiro atoms. The molecule has 3 aromatic carbocycles. The predicted octanol–water partition coefficient (Wildman–Crippen LogP) is -2.88. The molecule has 0 fully saturated rings. The van der Waals surface area contributed by atoms with E-state index in [-0.39, 0.29) is 70.6 Å². The molecule has 0 saturated heterocycles. The van der Waals surface area contributed by atoms with Crippen LogP contribution in [0.1, 0.15) is 15.9 Å². The molecule has 0 unspecified atom stereocenters. The first-order valence-electron chi connectivity index (χ1n) is 8.00. The van der Waals surface area contributed by atoms with Gasteiger partial charge in [-0.3, -0.25) is 5.43 Å². The van der Waals surface area contributed by atoms with Crippen LogP contribution in [0.25, 0.3) is 10.8 Å². The third kappa shape index (κ3) is 4.90. The summed E-state index contributed by atoms with van der Waals surface area (Å²) in [7, 11) is -4.71. The van der Waals surface area contributed by atoms with E-state index in [1.165, 1.54) is 12.1 Å².